The summed E-state index contributed by atoms with van der Waals surface area (Å²) in [4.78, 5) is 21.2. The minimum Gasteiger partial charge on any atom is -0.444 e. The topological polar surface area (TPSA) is 91.6 Å². The lowest BCUT2D eigenvalue weighted by atomic mass is 9.95. The predicted octanol–water partition coefficient (Wildman–Crippen LogP) is 4.16. The van der Waals surface area contributed by atoms with Crippen LogP contribution in [0.4, 0.5) is 0 Å². The van der Waals surface area contributed by atoms with E-state index in [1.54, 1.807) is 6.26 Å². The maximum atomic E-state index is 12.2. The smallest absolute Gasteiger partial charge is 0.226 e. The van der Waals surface area contributed by atoms with Gasteiger partial charge in [0.25, 0.3) is 0 Å². The number of aromatic nitrogens is 1. The highest BCUT2D eigenvalue weighted by Crippen LogP contribution is 2.19. The quantitative estimate of drug-likeness (QED) is 0.266. The SMILES string of the molecule is CCNC(=NCc1coc(-c2ccc(C)cc2)n1)NCCC(=O)NC1CCCCC1.I. The number of halogens is 1. The first-order valence-electron chi connectivity index (χ1n) is 11.0. The fraction of sp³-hybridized carbons (Fsp3) is 0.522. The fourth-order valence-corrected chi connectivity index (χ4v) is 3.55. The first kappa shape index (κ1) is 25.2. The molecule has 1 saturated carbocycles. The van der Waals surface area contributed by atoms with Crippen LogP contribution >= 0.6 is 24.0 Å². The number of hydrogen-bond acceptors (Lipinski definition) is 4. The zero-order chi connectivity index (χ0) is 21.2. The van der Waals surface area contributed by atoms with E-state index in [0.29, 0.717) is 37.4 Å². The van der Waals surface area contributed by atoms with Crippen molar-refractivity contribution in [1.82, 2.24) is 20.9 Å². The van der Waals surface area contributed by atoms with Crippen LogP contribution < -0.4 is 16.0 Å². The van der Waals surface area contributed by atoms with Gasteiger partial charge in [0.1, 0.15) is 12.0 Å². The molecule has 0 radical (unpaired) electrons. The molecule has 0 atom stereocenters. The number of carbonyl (C=O) groups is 1. The van der Waals surface area contributed by atoms with Gasteiger partial charge < -0.3 is 20.4 Å². The lowest BCUT2D eigenvalue weighted by molar-refractivity contribution is -0.121. The van der Waals surface area contributed by atoms with Crippen molar-refractivity contribution in [2.75, 3.05) is 13.1 Å². The Morgan fingerprint density at radius 1 is 1.16 bits per heavy atom. The van der Waals surface area contributed by atoms with Gasteiger partial charge in [0.15, 0.2) is 5.96 Å². The second-order valence-corrected chi connectivity index (χ2v) is 7.78. The first-order chi connectivity index (χ1) is 14.6. The number of guanidine groups is 1. The lowest BCUT2D eigenvalue weighted by Gasteiger charge is -2.22. The maximum Gasteiger partial charge on any atom is 0.226 e. The van der Waals surface area contributed by atoms with E-state index in [-0.39, 0.29) is 29.9 Å². The van der Waals surface area contributed by atoms with Crippen molar-refractivity contribution >= 4 is 35.8 Å². The molecule has 3 rings (SSSR count). The second-order valence-electron chi connectivity index (χ2n) is 7.78. The molecule has 8 heteroatoms. The average molecular weight is 539 g/mol. The van der Waals surface area contributed by atoms with Gasteiger partial charge in [-0.15, -0.1) is 24.0 Å². The summed E-state index contributed by atoms with van der Waals surface area (Å²) in [6, 6.07) is 8.42. The Morgan fingerprint density at radius 3 is 2.61 bits per heavy atom. The largest absolute Gasteiger partial charge is 0.444 e. The average Bonchev–Trinajstić information content (AvgIpc) is 3.22. The molecule has 1 aliphatic carbocycles. The molecule has 1 fully saturated rings. The van der Waals surface area contributed by atoms with Crippen molar-refractivity contribution in [1.29, 1.82) is 0 Å². The Kier molecular flexibility index (Phi) is 10.8. The summed E-state index contributed by atoms with van der Waals surface area (Å²) in [7, 11) is 0. The van der Waals surface area contributed by atoms with Crippen molar-refractivity contribution in [2.24, 2.45) is 4.99 Å². The van der Waals surface area contributed by atoms with E-state index in [1.165, 1.54) is 24.8 Å². The summed E-state index contributed by atoms with van der Waals surface area (Å²) in [6.07, 6.45) is 8.00. The third-order valence-corrected chi connectivity index (χ3v) is 5.21. The van der Waals surface area contributed by atoms with Crippen molar-refractivity contribution < 1.29 is 9.21 Å². The van der Waals surface area contributed by atoms with Crippen molar-refractivity contribution in [2.45, 2.75) is 65.0 Å². The summed E-state index contributed by atoms with van der Waals surface area (Å²) >= 11 is 0. The van der Waals surface area contributed by atoms with E-state index >= 15 is 0 Å². The van der Waals surface area contributed by atoms with Gasteiger partial charge in [0.2, 0.25) is 11.8 Å². The van der Waals surface area contributed by atoms with Crippen molar-refractivity contribution in [3.05, 3.63) is 41.8 Å². The highest BCUT2D eigenvalue weighted by atomic mass is 127. The normalized spacial score (nSPS) is 14.6. The van der Waals surface area contributed by atoms with Gasteiger partial charge in [-0.05, 0) is 38.8 Å². The van der Waals surface area contributed by atoms with E-state index in [4.69, 9.17) is 4.42 Å². The zero-order valence-electron chi connectivity index (χ0n) is 18.4. The summed E-state index contributed by atoms with van der Waals surface area (Å²) in [5, 5.41) is 9.57. The van der Waals surface area contributed by atoms with Gasteiger partial charge in [-0.3, -0.25) is 4.79 Å². The van der Waals surface area contributed by atoms with E-state index in [1.807, 2.05) is 38.1 Å². The maximum absolute atomic E-state index is 12.2. The van der Waals surface area contributed by atoms with Gasteiger partial charge in [0, 0.05) is 31.1 Å². The van der Waals surface area contributed by atoms with Gasteiger partial charge in [-0.25, -0.2) is 9.98 Å². The number of amides is 1. The molecule has 1 aliphatic rings. The van der Waals surface area contributed by atoms with Crippen LogP contribution in [0.1, 0.15) is 56.7 Å². The Labute approximate surface area is 201 Å². The minimum atomic E-state index is 0. The molecule has 0 saturated heterocycles. The van der Waals surface area contributed by atoms with Gasteiger partial charge in [-0.2, -0.15) is 0 Å². The van der Waals surface area contributed by atoms with E-state index in [9.17, 15) is 4.79 Å². The van der Waals surface area contributed by atoms with Crippen molar-refractivity contribution in [3.63, 3.8) is 0 Å². The van der Waals surface area contributed by atoms with E-state index in [2.05, 4.69) is 25.9 Å². The zero-order valence-corrected chi connectivity index (χ0v) is 20.8. The molecule has 2 aromatic rings. The number of nitrogens with one attached hydrogen (secondary N) is 3. The number of aryl methyl sites for hydroxylation is 1. The summed E-state index contributed by atoms with van der Waals surface area (Å²) in [5.74, 6) is 1.37. The number of hydrogen-bond donors (Lipinski definition) is 3. The molecular weight excluding hydrogens is 505 g/mol. The third kappa shape index (κ3) is 8.51. The molecule has 0 aliphatic heterocycles. The standard InChI is InChI=1S/C23H33N5O2.HI/c1-3-24-23(25-14-13-21(29)27-19-7-5-4-6-8-19)26-15-20-16-30-22(28-20)18-11-9-17(2)10-12-18;/h9-12,16,19H,3-8,13-15H2,1-2H3,(H,27,29)(H2,24,25,26);1H. The lowest BCUT2D eigenvalue weighted by Crippen LogP contribution is -2.41. The Bertz CT molecular complexity index is 829. The van der Waals surface area contributed by atoms with Crippen LogP contribution in [0, 0.1) is 6.92 Å². The molecule has 1 aromatic heterocycles. The number of benzene rings is 1. The molecule has 3 N–H and O–H groups in total. The van der Waals surface area contributed by atoms with Crippen molar-refractivity contribution in [3.8, 4) is 11.5 Å². The molecule has 1 heterocycles. The molecule has 0 bridgehead atoms. The molecular formula is C23H34IN5O2. The molecule has 0 unspecified atom stereocenters. The van der Waals surface area contributed by atoms with E-state index in [0.717, 1.165) is 30.6 Å². The highest BCUT2D eigenvalue weighted by molar-refractivity contribution is 14.0. The van der Waals surface area contributed by atoms with Gasteiger partial charge in [0.05, 0.1) is 6.54 Å². The molecule has 170 valence electrons. The van der Waals surface area contributed by atoms with E-state index < -0.39 is 0 Å². The van der Waals surface area contributed by atoms with Crippen LogP contribution in [-0.2, 0) is 11.3 Å². The van der Waals surface area contributed by atoms with Crippen LogP contribution in [0.3, 0.4) is 0 Å². The highest BCUT2D eigenvalue weighted by Gasteiger charge is 2.15. The minimum absolute atomic E-state index is 0. The Morgan fingerprint density at radius 2 is 1.90 bits per heavy atom. The van der Waals surface area contributed by atoms with Crippen LogP contribution in [0.15, 0.2) is 39.9 Å². The summed E-state index contributed by atoms with van der Waals surface area (Å²) in [6.45, 7) is 5.75. The molecule has 0 spiro atoms. The molecule has 7 nitrogen and oxygen atoms in total. The third-order valence-electron chi connectivity index (χ3n) is 5.21. The van der Waals surface area contributed by atoms with Crippen LogP contribution in [-0.4, -0.2) is 36.0 Å². The van der Waals surface area contributed by atoms with Gasteiger partial charge in [-0.1, -0.05) is 37.0 Å². The summed E-state index contributed by atoms with van der Waals surface area (Å²) < 4.78 is 5.59. The second kappa shape index (κ2) is 13.3. The summed E-state index contributed by atoms with van der Waals surface area (Å²) in [5.41, 5.74) is 2.91. The number of rotatable bonds is 8. The molecule has 1 amide bonds. The fourth-order valence-electron chi connectivity index (χ4n) is 3.55. The predicted molar refractivity (Wildman–Crippen MR) is 135 cm³/mol. The number of nitrogens with zero attached hydrogens (tertiary/aromatic N) is 2. The Balaban J connectivity index is 0.00000341. The number of aliphatic imine (C=N–C) groups is 1. The first-order valence-corrected chi connectivity index (χ1v) is 11.0. The van der Waals surface area contributed by atoms with Crippen LogP contribution in [0.25, 0.3) is 11.5 Å². The Hall–Kier alpha value is -2.10. The molecule has 1 aromatic carbocycles. The number of oxazole rings is 1. The number of carbonyl (C=O) groups excluding carboxylic acids is 1. The molecule has 31 heavy (non-hydrogen) atoms. The van der Waals surface area contributed by atoms with Crippen LogP contribution in [0.2, 0.25) is 0 Å². The monoisotopic (exact) mass is 539 g/mol. The van der Waals surface area contributed by atoms with Crippen LogP contribution in [0.5, 0.6) is 0 Å². The van der Waals surface area contributed by atoms with Gasteiger partial charge >= 0.3 is 0 Å².